The highest BCUT2D eigenvalue weighted by Crippen LogP contribution is 2.44. The van der Waals surface area contributed by atoms with Crippen molar-refractivity contribution in [3.63, 3.8) is 0 Å². The Morgan fingerprint density at radius 1 is 0.339 bits per heavy atom. The van der Waals surface area contributed by atoms with Crippen LogP contribution in [-0.2, 0) is 0 Å². The maximum atomic E-state index is 10.2. The van der Waals surface area contributed by atoms with Crippen LogP contribution < -0.4 is 4.90 Å². The second-order valence-electron chi connectivity index (χ2n) is 11.8. The van der Waals surface area contributed by atoms with Crippen molar-refractivity contribution in [2.75, 3.05) is 4.90 Å². The average Bonchev–Trinajstić information content (AvgIpc) is 1.21. The van der Waals surface area contributed by atoms with E-state index in [0.29, 0.717) is 11.0 Å². The molecule has 11 rings (SSSR count). The monoisotopic (exact) mass is 747 g/mol. The quantitative estimate of drug-likeness (QED) is 0.158. The summed E-state index contributed by atoms with van der Waals surface area (Å²) in [5.74, 6) is 0. The van der Waals surface area contributed by atoms with Gasteiger partial charge in [0.1, 0.15) is 11.2 Å². The van der Waals surface area contributed by atoms with E-state index in [-0.39, 0.29) is 0 Å². The molecule has 0 atom stereocenters. The molecule has 11 aromatic rings. The molecule has 0 saturated carbocycles. The summed E-state index contributed by atoms with van der Waals surface area (Å²) >= 11 is 0. The van der Waals surface area contributed by atoms with Gasteiger partial charge in [0.25, 0.3) is 0 Å². The standard InChI is InChI=1S/C54H35NO/c1-3-13-36(14-4-1)37-23-27-41(28-24-37)55(42-29-25-39(26-30-42)49-33-40-17-7-8-18-44(40)45-19-9-10-20-46(45)49)43-31-32-53-51(34-43)52-35-50(38-15-5-2-6-16-38)47-21-11-12-22-48(47)54(52)56-53/h1-35H/i1D,2D,3D,4D,5D,6D,7D,8D,9D,10D,11D,12D,13D,14D,15D,16D,17D,18D,19D,20D,21D,22D,23D,24D,25D,26D,27D,28D,29D,31D,32D,33D,34D,35D. The third-order valence-electron chi connectivity index (χ3n) is 8.70. The Labute approximate surface area is 372 Å². The Balaban J connectivity index is 1.35. The van der Waals surface area contributed by atoms with Crippen molar-refractivity contribution in [3.8, 4) is 33.4 Å². The highest BCUT2D eigenvalue weighted by atomic mass is 16.3. The minimum absolute atomic E-state index is 0.436. The number of anilines is 3. The van der Waals surface area contributed by atoms with Gasteiger partial charge in [-0.3, -0.25) is 0 Å². The number of hydrogen-bond acceptors (Lipinski definition) is 2. The Kier molecular flexibility index (Phi) is 3.01. The first-order valence-electron chi connectivity index (χ1n) is 33.4. The zero-order valence-corrected chi connectivity index (χ0v) is 27.9. The number of nitrogens with zero attached hydrogens (tertiary/aromatic N) is 1. The van der Waals surface area contributed by atoms with Crippen molar-refractivity contribution < 1.29 is 51.0 Å². The van der Waals surface area contributed by atoms with E-state index in [0.717, 1.165) is 0 Å². The zero-order valence-electron chi connectivity index (χ0n) is 61.9. The van der Waals surface area contributed by atoms with Crippen LogP contribution in [-0.4, -0.2) is 0 Å². The summed E-state index contributed by atoms with van der Waals surface area (Å²) in [7, 11) is 0. The summed E-state index contributed by atoms with van der Waals surface area (Å²) in [5, 5.41) is -5.19. The summed E-state index contributed by atoms with van der Waals surface area (Å²) in [4.78, 5) is 0.436. The van der Waals surface area contributed by atoms with Crippen LogP contribution in [0.4, 0.5) is 17.1 Å². The van der Waals surface area contributed by atoms with Gasteiger partial charge in [-0.25, -0.2) is 0 Å². The first kappa shape index (κ1) is 12.8. The molecule has 2 heteroatoms. The number of furan rings is 1. The average molecular weight is 748 g/mol. The second kappa shape index (κ2) is 13.2. The molecule has 56 heavy (non-hydrogen) atoms. The molecule has 0 bridgehead atoms. The van der Waals surface area contributed by atoms with Crippen molar-refractivity contribution >= 4 is 71.3 Å². The maximum Gasteiger partial charge on any atom is 0.143 e. The van der Waals surface area contributed by atoms with Gasteiger partial charge in [-0.05, 0) is 115 Å². The van der Waals surface area contributed by atoms with Gasteiger partial charge < -0.3 is 9.32 Å². The van der Waals surface area contributed by atoms with Crippen LogP contribution in [0.2, 0.25) is 0 Å². The van der Waals surface area contributed by atoms with E-state index in [1.807, 2.05) is 0 Å². The molecule has 0 radical (unpaired) electrons. The van der Waals surface area contributed by atoms with Crippen molar-refractivity contribution in [1.29, 1.82) is 0 Å². The zero-order chi connectivity index (χ0) is 66.6. The number of benzene rings is 10. The molecule has 2 nitrogen and oxygen atoms in total. The summed E-state index contributed by atoms with van der Waals surface area (Å²) in [6.45, 7) is 0. The number of fused-ring (bicyclic) bond motifs is 8. The summed E-state index contributed by atoms with van der Waals surface area (Å²) in [6, 6.07) is -33.4. The maximum absolute atomic E-state index is 10.2. The normalized spacial score (nSPS) is 20.1. The van der Waals surface area contributed by atoms with E-state index in [2.05, 4.69) is 0 Å². The highest BCUT2D eigenvalue weighted by Gasteiger charge is 2.19. The third kappa shape index (κ3) is 5.34. The molecular weight excluding hydrogens is 679 g/mol. The van der Waals surface area contributed by atoms with E-state index in [1.54, 1.807) is 0 Å². The molecule has 10 aromatic carbocycles. The summed E-state index contributed by atoms with van der Waals surface area (Å²) in [5.41, 5.74) is -9.56. The third-order valence-corrected chi connectivity index (χ3v) is 8.70. The fourth-order valence-electron chi connectivity index (χ4n) is 6.25. The van der Waals surface area contributed by atoms with Crippen molar-refractivity contribution in [3.05, 3.63) is 212 Å². The van der Waals surface area contributed by atoms with Crippen LogP contribution in [0.25, 0.3) is 87.6 Å². The van der Waals surface area contributed by atoms with Crippen LogP contribution in [0.1, 0.15) is 46.6 Å². The first-order valence-corrected chi connectivity index (χ1v) is 16.4. The first-order chi connectivity index (χ1) is 41.9. The molecule has 1 aromatic heterocycles. The van der Waals surface area contributed by atoms with Crippen LogP contribution in [0.15, 0.2) is 216 Å². The molecular formula is C54H35NO. The molecule has 0 aliphatic rings. The lowest BCUT2D eigenvalue weighted by Gasteiger charge is -2.26. The molecule has 0 fully saturated rings. The number of rotatable bonds is 6. The van der Waals surface area contributed by atoms with Crippen LogP contribution >= 0.6 is 0 Å². The van der Waals surface area contributed by atoms with E-state index >= 15 is 0 Å². The molecule has 0 unspecified atom stereocenters. The molecule has 0 aliphatic carbocycles. The van der Waals surface area contributed by atoms with Crippen LogP contribution in [0.5, 0.6) is 0 Å². The van der Waals surface area contributed by atoms with E-state index in [4.69, 9.17) is 34.6 Å². The fourth-order valence-corrected chi connectivity index (χ4v) is 6.25. The minimum Gasteiger partial charge on any atom is -0.455 e. The van der Waals surface area contributed by atoms with Gasteiger partial charge in [-0.15, -0.1) is 0 Å². The SMILES string of the molecule is [2H]c1cc(N(c2c([2H])c([2H])c(-c3c([2H])c([2H])c([2H])c([2H])c3[2H])c([2H])c2[2H])c2c([2H])c([2H])c3oc4c5c([2H])c([2H])c([2H])c([2H])c5c(-c5c([2H])c([2H])c([2H])c([2H])c5[2H])c([2H])c4c3c2[2H])c([2H])c([2H])c1-c1c([2H])c2c([2H])c([2H])c([2H])c([2H])c2c2c([2H])c([2H])c([2H])c([2H])c12. The van der Waals surface area contributed by atoms with Crippen molar-refractivity contribution in [1.82, 2.24) is 0 Å². The van der Waals surface area contributed by atoms with Gasteiger partial charge in [-0.1, -0.05) is 157 Å². The molecule has 0 amide bonds. The lowest BCUT2D eigenvalue weighted by Crippen LogP contribution is -2.09. The van der Waals surface area contributed by atoms with Gasteiger partial charge in [-0.2, -0.15) is 0 Å². The smallest absolute Gasteiger partial charge is 0.143 e. The van der Waals surface area contributed by atoms with E-state index < -0.39 is 310 Å². The molecule has 0 spiro atoms. The van der Waals surface area contributed by atoms with Gasteiger partial charge in [0.15, 0.2) is 0 Å². The van der Waals surface area contributed by atoms with E-state index in [1.165, 1.54) is 0 Å². The summed E-state index contributed by atoms with van der Waals surface area (Å²) in [6.07, 6.45) is 0. The Morgan fingerprint density at radius 2 is 0.875 bits per heavy atom. The topological polar surface area (TPSA) is 16.4 Å². The van der Waals surface area contributed by atoms with Crippen LogP contribution in [0, 0.1) is 0 Å². The number of hydrogen-bond donors (Lipinski definition) is 0. The minimum atomic E-state index is -1.26. The van der Waals surface area contributed by atoms with Gasteiger partial charge in [0.2, 0.25) is 0 Å². The van der Waals surface area contributed by atoms with Crippen molar-refractivity contribution in [2.24, 2.45) is 0 Å². The Bertz CT molecular complexity index is 5160. The van der Waals surface area contributed by atoms with Crippen LogP contribution in [0.3, 0.4) is 0 Å². The Hall–Kier alpha value is -7.42. The predicted octanol–water partition coefficient (Wildman–Crippen LogP) is 15.5. The largest absolute Gasteiger partial charge is 0.455 e. The molecule has 262 valence electrons. The fraction of sp³-hybridized carbons (Fsp3) is 0. The van der Waals surface area contributed by atoms with Crippen molar-refractivity contribution in [2.45, 2.75) is 0 Å². The highest BCUT2D eigenvalue weighted by molar-refractivity contribution is 6.20. The van der Waals surface area contributed by atoms with Gasteiger partial charge >= 0.3 is 0 Å². The second-order valence-corrected chi connectivity index (χ2v) is 11.8. The van der Waals surface area contributed by atoms with Gasteiger partial charge in [0, 0.05) is 33.2 Å². The molecule has 0 saturated heterocycles. The predicted molar refractivity (Wildman–Crippen MR) is 237 cm³/mol. The van der Waals surface area contributed by atoms with E-state index in [9.17, 15) is 16.4 Å². The van der Waals surface area contributed by atoms with Gasteiger partial charge in [0.05, 0.1) is 46.6 Å². The Morgan fingerprint density at radius 3 is 1.64 bits per heavy atom. The molecule has 0 N–H and O–H groups in total. The lowest BCUT2D eigenvalue weighted by molar-refractivity contribution is 0.672. The summed E-state index contributed by atoms with van der Waals surface area (Å²) < 4.78 is 314. The molecule has 0 aliphatic heterocycles. The lowest BCUT2D eigenvalue weighted by atomic mass is 9.93. The molecule has 1 heterocycles.